The standard InChI is InChI=1S/C60H48N4O2S/c1-41-14-13-33-60(3,38-41)64(59(2)31-10-5-11-32-59)49-28-23-42(24-29-49)56-36-52(46(39-61)40-62)53-35-45(25-30-55(53)66-56)44-15-12-18-50(34-44)63(47-16-6-4-7-17-47)48-26-21-43(22-27-48)57-37-58(67)51-19-8-9-20-54(51)65-57/h4-31,34-37,41H,32-33,38H2,1-3H3. The van der Waals surface area contributed by atoms with Crippen molar-refractivity contribution in [2.24, 2.45) is 5.92 Å². The van der Waals surface area contributed by atoms with Gasteiger partial charge in [0.1, 0.15) is 40.6 Å². The van der Waals surface area contributed by atoms with Crippen molar-refractivity contribution in [3.63, 3.8) is 0 Å². The van der Waals surface area contributed by atoms with Crippen molar-refractivity contribution in [2.45, 2.75) is 51.1 Å². The Kier molecular flexibility index (Phi) is 11.4. The van der Waals surface area contributed by atoms with Crippen LogP contribution in [0, 0.1) is 33.1 Å². The maximum atomic E-state index is 10.3. The molecule has 0 N–H and O–H groups in total. The second-order valence-corrected chi connectivity index (χ2v) is 18.6. The van der Waals surface area contributed by atoms with Crippen molar-refractivity contribution in [3.8, 4) is 40.3 Å². The normalized spacial score (nSPS) is 19.4. The first-order valence-electron chi connectivity index (χ1n) is 22.7. The maximum absolute atomic E-state index is 10.3. The largest absolute Gasteiger partial charge is 0.456 e. The monoisotopic (exact) mass is 888 g/mol. The second kappa shape index (κ2) is 17.8. The predicted molar refractivity (Wildman–Crippen MR) is 276 cm³/mol. The summed E-state index contributed by atoms with van der Waals surface area (Å²) in [5.74, 6) is 2.35. The zero-order chi connectivity index (χ0) is 46.1. The fourth-order valence-electron chi connectivity index (χ4n) is 10.2. The van der Waals surface area contributed by atoms with Gasteiger partial charge in [-0.3, -0.25) is 0 Å². The highest BCUT2D eigenvalue weighted by Crippen LogP contribution is 2.46. The van der Waals surface area contributed by atoms with Crippen LogP contribution in [0.2, 0.25) is 0 Å². The summed E-state index contributed by atoms with van der Waals surface area (Å²) in [6, 6.07) is 55.6. The summed E-state index contributed by atoms with van der Waals surface area (Å²) in [5, 5.41) is 21.5. The fourth-order valence-corrected chi connectivity index (χ4v) is 10.5. The first-order valence-corrected chi connectivity index (χ1v) is 23.1. The molecule has 0 spiro atoms. The topological polar surface area (TPSA) is 76.4 Å². The van der Waals surface area contributed by atoms with Crippen LogP contribution in [-0.2, 0) is 0 Å². The van der Waals surface area contributed by atoms with Gasteiger partial charge < -0.3 is 19.0 Å². The molecule has 1 aliphatic heterocycles. The van der Waals surface area contributed by atoms with Crippen LogP contribution in [0.5, 0.6) is 5.75 Å². The number of hydrogen-bond acceptors (Lipinski definition) is 7. The summed E-state index contributed by atoms with van der Waals surface area (Å²) in [4.78, 5) is 4.83. The van der Waals surface area contributed by atoms with E-state index in [1.54, 1.807) is 0 Å². The van der Waals surface area contributed by atoms with E-state index in [1.165, 1.54) is 0 Å². The van der Waals surface area contributed by atoms with E-state index in [0.29, 0.717) is 34.3 Å². The molecule has 0 saturated heterocycles. The minimum Gasteiger partial charge on any atom is -0.456 e. The molecular weight excluding hydrogens is 841 g/mol. The molecule has 0 bridgehead atoms. The third kappa shape index (κ3) is 8.31. The van der Waals surface area contributed by atoms with Gasteiger partial charge in [0.2, 0.25) is 0 Å². The van der Waals surface area contributed by atoms with Crippen LogP contribution in [0.25, 0.3) is 44.8 Å². The lowest BCUT2D eigenvalue weighted by molar-refractivity contribution is 0.291. The van der Waals surface area contributed by atoms with E-state index in [4.69, 9.17) is 21.4 Å². The maximum Gasteiger partial charge on any atom is 0.137 e. The third-order valence-electron chi connectivity index (χ3n) is 13.2. The zero-order valence-corrected chi connectivity index (χ0v) is 38.5. The Morgan fingerprint density at radius 2 is 1.36 bits per heavy atom. The first kappa shape index (κ1) is 43.0. The number of nitrogens with zero attached hydrogens (tertiary/aromatic N) is 4. The van der Waals surface area contributed by atoms with E-state index >= 15 is 0 Å². The minimum absolute atomic E-state index is 0.0207. The van der Waals surface area contributed by atoms with Gasteiger partial charge in [-0.25, -0.2) is 0 Å². The fraction of sp³-hybridized carbons (Fsp3) is 0.150. The number of hydrogen-bond donors (Lipinski definition) is 0. The molecule has 3 atom stereocenters. The van der Waals surface area contributed by atoms with E-state index in [-0.39, 0.29) is 16.7 Å². The van der Waals surface area contributed by atoms with Crippen molar-refractivity contribution in [2.75, 3.05) is 9.80 Å². The molecule has 0 saturated carbocycles. The molecule has 6 aromatic carbocycles. The molecule has 7 heteroatoms. The number of ether oxygens (including phenoxy) is 1. The number of rotatable bonds is 9. The number of para-hydroxylation sites is 2. The second-order valence-electron chi connectivity index (χ2n) is 18.1. The van der Waals surface area contributed by atoms with Gasteiger partial charge >= 0.3 is 0 Å². The molecule has 2 heterocycles. The van der Waals surface area contributed by atoms with Gasteiger partial charge in [-0.15, -0.1) is 0 Å². The van der Waals surface area contributed by atoms with Gasteiger partial charge in [0.15, 0.2) is 0 Å². The number of nitriles is 2. The van der Waals surface area contributed by atoms with E-state index in [1.807, 2.05) is 78.9 Å². The first-order chi connectivity index (χ1) is 32.6. The summed E-state index contributed by atoms with van der Waals surface area (Å²) >= 11 is 5.72. The molecule has 7 aromatic rings. The van der Waals surface area contributed by atoms with Crippen molar-refractivity contribution in [3.05, 3.63) is 215 Å². The van der Waals surface area contributed by atoms with E-state index in [2.05, 4.69) is 158 Å². The van der Waals surface area contributed by atoms with Crippen LogP contribution in [0.15, 0.2) is 204 Å². The molecule has 6 nitrogen and oxygen atoms in total. The highest BCUT2D eigenvalue weighted by atomic mass is 32.1. The molecular formula is C60H48N4O2S. The quantitative estimate of drug-likeness (QED) is 0.0812. The third-order valence-corrected chi connectivity index (χ3v) is 13.6. The molecule has 326 valence electrons. The lowest BCUT2D eigenvalue weighted by Gasteiger charge is -2.54. The smallest absolute Gasteiger partial charge is 0.137 e. The molecule has 10 rings (SSSR count). The summed E-state index contributed by atoms with van der Waals surface area (Å²) in [6.45, 7) is 7.01. The lowest BCUT2D eigenvalue weighted by Crippen LogP contribution is -2.59. The van der Waals surface area contributed by atoms with Gasteiger partial charge in [-0.2, -0.15) is 10.5 Å². The van der Waals surface area contributed by atoms with Crippen LogP contribution < -0.4 is 14.5 Å². The Bertz CT molecular complexity index is 3330. The minimum atomic E-state index is -0.200. The molecule has 0 radical (unpaired) electrons. The van der Waals surface area contributed by atoms with Crippen molar-refractivity contribution in [1.82, 2.24) is 0 Å². The van der Waals surface area contributed by atoms with Crippen LogP contribution in [-0.4, -0.2) is 11.1 Å². The van der Waals surface area contributed by atoms with Crippen molar-refractivity contribution in [1.29, 1.82) is 10.5 Å². The van der Waals surface area contributed by atoms with Gasteiger partial charge in [0.25, 0.3) is 0 Å². The molecule has 1 aromatic heterocycles. The molecule has 2 aliphatic carbocycles. The summed E-state index contributed by atoms with van der Waals surface area (Å²) in [5.41, 5.74) is 9.42. The summed E-state index contributed by atoms with van der Waals surface area (Å²) in [6.07, 6.45) is 18.3. The Morgan fingerprint density at radius 3 is 2.10 bits per heavy atom. The predicted octanol–water partition coefficient (Wildman–Crippen LogP) is 16.0. The van der Waals surface area contributed by atoms with Crippen LogP contribution >= 0.6 is 12.2 Å². The SMILES string of the molecule is CC1C=CCC(C)(N(c2ccc(C3=CC(=C(C#N)C#N)c4cc(-c5cccc(N(c6ccccc6)c6ccc(-c7cc(=S)c8ccccc8o7)cc6)c5)ccc4O3)cc2)C2(C)C=CC=CC2)C1. The van der Waals surface area contributed by atoms with Crippen LogP contribution in [0.3, 0.4) is 0 Å². The van der Waals surface area contributed by atoms with Gasteiger partial charge in [0, 0.05) is 62.0 Å². The van der Waals surface area contributed by atoms with Gasteiger partial charge in [-0.1, -0.05) is 104 Å². The molecule has 0 fully saturated rings. The lowest BCUT2D eigenvalue weighted by atomic mass is 9.76. The van der Waals surface area contributed by atoms with Gasteiger partial charge in [0.05, 0.1) is 10.0 Å². The Balaban J connectivity index is 0.973. The molecule has 3 aliphatic rings. The summed E-state index contributed by atoms with van der Waals surface area (Å²) in [7, 11) is 0. The number of fused-ring (bicyclic) bond motifs is 2. The average Bonchev–Trinajstić information content (AvgIpc) is 3.35. The Hall–Kier alpha value is -7.97. The zero-order valence-electron chi connectivity index (χ0n) is 37.7. The van der Waals surface area contributed by atoms with E-state index in [9.17, 15) is 10.5 Å². The van der Waals surface area contributed by atoms with Gasteiger partial charge in [-0.05, 0) is 153 Å². The molecule has 67 heavy (non-hydrogen) atoms. The number of benzene rings is 6. The molecule has 0 amide bonds. The molecule has 3 unspecified atom stereocenters. The highest BCUT2D eigenvalue weighted by molar-refractivity contribution is 7.71. The van der Waals surface area contributed by atoms with E-state index < -0.39 is 0 Å². The number of anilines is 4. The van der Waals surface area contributed by atoms with Crippen LogP contribution in [0.4, 0.5) is 22.7 Å². The average molecular weight is 889 g/mol. The Labute approximate surface area is 397 Å². The van der Waals surface area contributed by atoms with Crippen molar-refractivity contribution >= 4 is 57.3 Å². The van der Waals surface area contributed by atoms with E-state index in [0.717, 1.165) is 79.7 Å². The van der Waals surface area contributed by atoms with Crippen molar-refractivity contribution < 1.29 is 9.15 Å². The summed E-state index contributed by atoms with van der Waals surface area (Å²) < 4.78 is 13.7. The highest BCUT2D eigenvalue weighted by Gasteiger charge is 2.43. The Morgan fingerprint density at radius 1 is 0.672 bits per heavy atom. The van der Waals surface area contributed by atoms with Crippen LogP contribution in [0.1, 0.15) is 51.2 Å². The number of allylic oxidation sites excluding steroid dienone is 6.